The SMILES string of the molecule is C=C1CC(n2c(C)nc3c2CCN(C(C)=O)C3)CN1CCC(NC)c1cscn1. The van der Waals surface area contributed by atoms with E-state index < -0.39 is 0 Å². The summed E-state index contributed by atoms with van der Waals surface area (Å²) in [6.07, 6.45) is 2.84. The number of allylic oxidation sites excluding steroid dienone is 1. The first kappa shape index (κ1) is 20.1. The van der Waals surface area contributed by atoms with Gasteiger partial charge in [-0.05, 0) is 20.4 Å². The molecule has 0 aliphatic carbocycles. The molecule has 8 heteroatoms. The number of aromatic nitrogens is 3. The molecule has 2 atom stereocenters. The van der Waals surface area contributed by atoms with Crippen molar-refractivity contribution in [2.45, 2.75) is 51.7 Å². The fraction of sp³-hybridized carbons (Fsp3) is 0.571. The molecule has 7 nitrogen and oxygen atoms in total. The Labute approximate surface area is 176 Å². The van der Waals surface area contributed by atoms with Gasteiger partial charge >= 0.3 is 0 Å². The van der Waals surface area contributed by atoms with Gasteiger partial charge in [0.15, 0.2) is 0 Å². The molecular formula is C21H30N6OS. The summed E-state index contributed by atoms with van der Waals surface area (Å²) in [6.45, 7) is 11.4. The van der Waals surface area contributed by atoms with Gasteiger partial charge in [-0.1, -0.05) is 6.58 Å². The van der Waals surface area contributed by atoms with Gasteiger partial charge in [0.05, 0.1) is 35.5 Å². The van der Waals surface area contributed by atoms with Crippen molar-refractivity contribution in [3.63, 3.8) is 0 Å². The number of nitrogens with one attached hydrogen (secondary N) is 1. The van der Waals surface area contributed by atoms with Crippen LogP contribution in [0.15, 0.2) is 23.2 Å². The molecule has 1 amide bonds. The molecule has 2 unspecified atom stereocenters. The lowest BCUT2D eigenvalue weighted by Gasteiger charge is -2.27. The number of amides is 1. The second-order valence-corrected chi connectivity index (χ2v) is 8.75. The van der Waals surface area contributed by atoms with Crippen molar-refractivity contribution >= 4 is 17.2 Å². The van der Waals surface area contributed by atoms with Crippen LogP contribution in [0.4, 0.5) is 0 Å². The van der Waals surface area contributed by atoms with E-state index in [0.29, 0.717) is 12.6 Å². The van der Waals surface area contributed by atoms with Crippen molar-refractivity contribution in [2.75, 3.05) is 26.7 Å². The van der Waals surface area contributed by atoms with Crippen LogP contribution >= 0.6 is 11.3 Å². The van der Waals surface area contributed by atoms with Crippen LogP contribution in [0.5, 0.6) is 0 Å². The van der Waals surface area contributed by atoms with Gasteiger partial charge in [-0.3, -0.25) is 4.79 Å². The Kier molecular flexibility index (Phi) is 5.74. The number of aryl methyl sites for hydroxylation is 1. The summed E-state index contributed by atoms with van der Waals surface area (Å²) < 4.78 is 2.41. The van der Waals surface area contributed by atoms with Crippen LogP contribution < -0.4 is 5.32 Å². The minimum absolute atomic E-state index is 0.127. The molecule has 2 aliphatic rings. The number of likely N-dealkylation sites (tertiary alicyclic amines) is 1. The normalized spacial score (nSPS) is 20.2. The summed E-state index contributed by atoms with van der Waals surface area (Å²) in [5.41, 5.74) is 6.57. The van der Waals surface area contributed by atoms with Crippen molar-refractivity contribution in [3.8, 4) is 0 Å². The highest BCUT2D eigenvalue weighted by Gasteiger charge is 2.32. The first-order valence-electron chi connectivity index (χ1n) is 10.3. The van der Waals surface area contributed by atoms with Crippen LogP contribution in [0.3, 0.4) is 0 Å². The summed E-state index contributed by atoms with van der Waals surface area (Å²) >= 11 is 1.64. The fourth-order valence-corrected chi connectivity index (χ4v) is 5.29. The number of fused-ring (bicyclic) bond motifs is 1. The molecule has 156 valence electrons. The highest BCUT2D eigenvalue weighted by molar-refractivity contribution is 7.07. The number of carbonyl (C=O) groups is 1. The lowest BCUT2D eigenvalue weighted by atomic mass is 10.1. The third kappa shape index (κ3) is 3.96. The molecule has 0 spiro atoms. The Balaban J connectivity index is 1.44. The van der Waals surface area contributed by atoms with E-state index in [1.165, 1.54) is 11.4 Å². The number of rotatable bonds is 6. The maximum absolute atomic E-state index is 11.7. The summed E-state index contributed by atoms with van der Waals surface area (Å²) in [4.78, 5) is 25.3. The van der Waals surface area contributed by atoms with Crippen molar-refractivity contribution in [2.24, 2.45) is 0 Å². The van der Waals surface area contributed by atoms with Crippen LogP contribution in [0, 0.1) is 6.92 Å². The lowest BCUT2D eigenvalue weighted by Crippen LogP contribution is -2.35. The molecule has 0 radical (unpaired) electrons. The summed E-state index contributed by atoms with van der Waals surface area (Å²) in [7, 11) is 2.00. The quantitative estimate of drug-likeness (QED) is 0.787. The van der Waals surface area contributed by atoms with Crippen molar-refractivity contribution < 1.29 is 4.79 Å². The smallest absolute Gasteiger partial charge is 0.219 e. The molecule has 4 heterocycles. The summed E-state index contributed by atoms with van der Waals surface area (Å²) in [6, 6.07) is 0.642. The van der Waals surface area contributed by atoms with Gasteiger partial charge in [0.25, 0.3) is 0 Å². The topological polar surface area (TPSA) is 66.3 Å². The average molecular weight is 415 g/mol. The number of carbonyl (C=O) groups excluding carboxylic acids is 1. The Morgan fingerprint density at radius 3 is 3.00 bits per heavy atom. The Morgan fingerprint density at radius 1 is 1.48 bits per heavy atom. The number of thiazole rings is 1. The summed E-state index contributed by atoms with van der Waals surface area (Å²) in [5.74, 6) is 1.18. The third-order valence-electron chi connectivity index (χ3n) is 6.23. The van der Waals surface area contributed by atoms with E-state index in [-0.39, 0.29) is 11.9 Å². The highest BCUT2D eigenvalue weighted by atomic mass is 32.1. The zero-order chi connectivity index (χ0) is 20.5. The molecule has 1 saturated heterocycles. The maximum Gasteiger partial charge on any atom is 0.219 e. The molecule has 0 bridgehead atoms. The van der Waals surface area contributed by atoms with Gasteiger partial charge < -0.3 is 19.7 Å². The highest BCUT2D eigenvalue weighted by Crippen LogP contribution is 2.34. The Hall–Kier alpha value is -2.19. The van der Waals surface area contributed by atoms with Crippen LogP contribution in [-0.2, 0) is 17.8 Å². The predicted molar refractivity (Wildman–Crippen MR) is 115 cm³/mol. The summed E-state index contributed by atoms with van der Waals surface area (Å²) in [5, 5.41) is 5.51. The molecule has 2 aromatic heterocycles. The third-order valence-corrected chi connectivity index (χ3v) is 6.84. The number of hydrogen-bond donors (Lipinski definition) is 1. The number of imidazole rings is 1. The van der Waals surface area contributed by atoms with Gasteiger partial charge in [0.2, 0.25) is 5.91 Å². The van der Waals surface area contributed by atoms with E-state index >= 15 is 0 Å². The minimum Gasteiger partial charge on any atom is -0.373 e. The largest absolute Gasteiger partial charge is 0.373 e. The fourth-order valence-electron chi connectivity index (χ4n) is 4.68. The monoisotopic (exact) mass is 414 g/mol. The Bertz CT molecular complexity index is 889. The van der Waals surface area contributed by atoms with Crippen molar-refractivity contribution in [1.82, 2.24) is 29.7 Å². The van der Waals surface area contributed by atoms with Crippen molar-refractivity contribution in [3.05, 3.63) is 46.1 Å². The standard InChI is InChI=1S/C21H30N6OS/c1-14-9-17(10-25(14)7-5-18(22-4)20-12-29-13-23-20)27-15(2)24-19-11-26(16(3)28)8-6-21(19)27/h12-13,17-18,22H,1,5-11H2,2-4H3. The van der Waals surface area contributed by atoms with E-state index in [1.54, 1.807) is 18.3 Å². The maximum atomic E-state index is 11.7. The van der Waals surface area contributed by atoms with Gasteiger partial charge in [-0.15, -0.1) is 11.3 Å². The van der Waals surface area contributed by atoms with Crippen molar-refractivity contribution in [1.29, 1.82) is 0 Å². The van der Waals surface area contributed by atoms with E-state index in [2.05, 4.69) is 38.7 Å². The van der Waals surface area contributed by atoms with Gasteiger partial charge in [-0.2, -0.15) is 0 Å². The van der Waals surface area contributed by atoms with Crippen LogP contribution in [0.2, 0.25) is 0 Å². The molecule has 1 N–H and O–H groups in total. The molecule has 29 heavy (non-hydrogen) atoms. The second kappa shape index (κ2) is 8.28. The molecule has 4 rings (SSSR count). The second-order valence-electron chi connectivity index (χ2n) is 8.03. The van der Waals surface area contributed by atoms with Crippen LogP contribution in [0.1, 0.15) is 54.8 Å². The molecular weight excluding hydrogens is 384 g/mol. The minimum atomic E-state index is 0.127. The first-order chi connectivity index (χ1) is 14.0. The molecule has 0 saturated carbocycles. The number of hydrogen-bond acceptors (Lipinski definition) is 6. The van der Waals surface area contributed by atoms with Crippen LogP contribution in [0.25, 0.3) is 0 Å². The average Bonchev–Trinajstić information content (AvgIpc) is 3.40. The molecule has 0 aromatic carbocycles. The van der Waals surface area contributed by atoms with E-state index in [1.807, 2.05) is 17.5 Å². The zero-order valence-electron chi connectivity index (χ0n) is 17.5. The molecule has 1 fully saturated rings. The Morgan fingerprint density at radius 2 is 2.31 bits per heavy atom. The van der Waals surface area contributed by atoms with Gasteiger partial charge in [0.1, 0.15) is 5.82 Å². The van der Waals surface area contributed by atoms with Crippen LogP contribution in [-0.4, -0.2) is 56.9 Å². The van der Waals surface area contributed by atoms with Gasteiger partial charge in [-0.25, -0.2) is 9.97 Å². The number of nitrogens with zero attached hydrogens (tertiary/aromatic N) is 5. The lowest BCUT2D eigenvalue weighted by molar-refractivity contribution is -0.129. The van der Waals surface area contributed by atoms with E-state index in [4.69, 9.17) is 4.98 Å². The van der Waals surface area contributed by atoms with E-state index in [0.717, 1.165) is 56.1 Å². The first-order valence-corrected chi connectivity index (χ1v) is 11.2. The van der Waals surface area contributed by atoms with E-state index in [9.17, 15) is 4.79 Å². The zero-order valence-corrected chi connectivity index (χ0v) is 18.3. The molecule has 2 aliphatic heterocycles. The van der Waals surface area contributed by atoms with Gasteiger partial charge in [0, 0.05) is 56.2 Å². The molecule has 2 aromatic rings. The predicted octanol–water partition coefficient (Wildman–Crippen LogP) is 2.66.